The van der Waals surface area contributed by atoms with Crippen molar-refractivity contribution in [2.75, 3.05) is 26.1 Å². The summed E-state index contributed by atoms with van der Waals surface area (Å²) in [6.45, 7) is -0.586. The Morgan fingerprint density at radius 3 is 2.83 bits per heavy atom. The lowest BCUT2D eigenvalue weighted by Crippen LogP contribution is -2.37. The van der Waals surface area contributed by atoms with Gasteiger partial charge in [0.25, 0.3) is 0 Å². The van der Waals surface area contributed by atoms with E-state index < -0.39 is 23.7 Å². The zero-order valence-electron chi connectivity index (χ0n) is 12.3. The molecule has 1 saturated heterocycles. The van der Waals surface area contributed by atoms with Crippen LogP contribution in [-0.2, 0) is 4.74 Å². The van der Waals surface area contributed by atoms with Crippen molar-refractivity contribution in [1.82, 2.24) is 19.5 Å². The minimum atomic E-state index is -0.981. The molecule has 1 aliphatic heterocycles. The second kappa shape index (κ2) is 4.74. The number of nitrogens with zero attached hydrogens (tertiary/aromatic N) is 4. The molecule has 10 nitrogen and oxygen atoms in total. The monoisotopic (exact) mass is 323 g/mol. The first-order valence-electron chi connectivity index (χ1n) is 7.17. The van der Waals surface area contributed by atoms with Gasteiger partial charge in [0, 0.05) is 0 Å². The number of hydrogen-bond donors (Lipinski definition) is 4. The number of fused-ring (bicyclic) bond motifs is 2. The Labute approximate surface area is 130 Å². The quantitative estimate of drug-likeness (QED) is 0.504. The van der Waals surface area contributed by atoms with Gasteiger partial charge in [-0.25, -0.2) is 4.98 Å². The summed E-state index contributed by atoms with van der Waals surface area (Å²) in [5, 5.41) is 29.4. The predicted molar refractivity (Wildman–Crippen MR) is 76.6 cm³/mol. The molecule has 23 heavy (non-hydrogen) atoms. The summed E-state index contributed by atoms with van der Waals surface area (Å²) in [6, 6.07) is -0.352. The van der Waals surface area contributed by atoms with Gasteiger partial charge in [0.2, 0.25) is 11.8 Å². The number of aromatic nitrogens is 4. The Morgan fingerprint density at radius 1 is 1.43 bits per heavy atom. The van der Waals surface area contributed by atoms with Gasteiger partial charge in [-0.15, -0.1) is 0 Å². The third-order valence-corrected chi connectivity index (χ3v) is 4.84. The highest BCUT2D eigenvalue weighted by atomic mass is 16.5. The average molecular weight is 323 g/mol. The molecule has 2 aromatic heterocycles. The first kappa shape index (κ1) is 14.6. The van der Waals surface area contributed by atoms with E-state index in [1.807, 2.05) is 0 Å². The van der Waals surface area contributed by atoms with Crippen LogP contribution in [0.1, 0.15) is 6.04 Å². The van der Waals surface area contributed by atoms with Crippen LogP contribution in [0.25, 0.3) is 11.2 Å². The minimum absolute atomic E-state index is 0.0367. The lowest BCUT2D eigenvalue weighted by molar-refractivity contribution is -0.0486. The number of imidazole rings is 1. The molecular formula is C13H17N5O5. The van der Waals surface area contributed by atoms with Crippen molar-refractivity contribution in [2.45, 2.75) is 24.4 Å². The van der Waals surface area contributed by atoms with Gasteiger partial charge in [0.05, 0.1) is 50.3 Å². The smallest absolute Gasteiger partial charge is 0.246 e. The van der Waals surface area contributed by atoms with Crippen LogP contribution in [0.15, 0.2) is 6.33 Å². The Hall–Kier alpha value is -2.01. The van der Waals surface area contributed by atoms with Crippen molar-refractivity contribution in [1.29, 1.82) is 0 Å². The first-order valence-corrected chi connectivity index (χ1v) is 7.17. The second-order valence-corrected chi connectivity index (χ2v) is 5.85. The molecule has 0 amide bonds. The number of nitrogen functional groups attached to an aromatic ring is 1. The van der Waals surface area contributed by atoms with Crippen molar-refractivity contribution >= 4 is 17.1 Å². The SMILES string of the molecule is COc1nc(N)nc2c1ncn2C1[C@@H]2O[C@H](CO)C(O)C12CO. The summed E-state index contributed by atoms with van der Waals surface area (Å²) in [7, 11) is 1.46. The van der Waals surface area contributed by atoms with E-state index >= 15 is 0 Å². The summed E-state index contributed by atoms with van der Waals surface area (Å²) < 4.78 is 12.5. The van der Waals surface area contributed by atoms with E-state index in [-0.39, 0.29) is 31.1 Å². The summed E-state index contributed by atoms with van der Waals surface area (Å²) in [6.07, 6.45) is -0.580. The van der Waals surface area contributed by atoms with Crippen molar-refractivity contribution in [3.05, 3.63) is 6.33 Å². The molecule has 10 heteroatoms. The molecule has 0 spiro atoms. The van der Waals surface area contributed by atoms with E-state index in [9.17, 15) is 15.3 Å². The zero-order chi connectivity index (χ0) is 16.4. The van der Waals surface area contributed by atoms with Gasteiger partial charge in [-0.05, 0) is 0 Å². The number of nitrogens with two attached hydrogens (primary N) is 1. The van der Waals surface area contributed by atoms with Crippen LogP contribution < -0.4 is 10.5 Å². The molecule has 0 radical (unpaired) electrons. The van der Waals surface area contributed by atoms with Crippen LogP contribution in [0.2, 0.25) is 0 Å². The highest BCUT2D eigenvalue weighted by Crippen LogP contribution is 2.66. The maximum atomic E-state index is 10.4. The number of aliphatic hydroxyl groups excluding tert-OH is 3. The zero-order valence-corrected chi connectivity index (χ0v) is 12.3. The number of aliphatic hydroxyl groups is 3. The predicted octanol–water partition coefficient (Wildman–Crippen LogP) is -1.93. The van der Waals surface area contributed by atoms with Gasteiger partial charge >= 0.3 is 0 Å². The average Bonchev–Trinajstić information content (AvgIpc) is 2.84. The van der Waals surface area contributed by atoms with Crippen LogP contribution in [0.3, 0.4) is 0 Å². The van der Waals surface area contributed by atoms with Crippen LogP contribution >= 0.6 is 0 Å². The highest BCUT2D eigenvalue weighted by molar-refractivity contribution is 5.78. The largest absolute Gasteiger partial charge is 0.479 e. The number of ether oxygens (including phenoxy) is 2. The van der Waals surface area contributed by atoms with Gasteiger partial charge < -0.3 is 35.1 Å². The summed E-state index contributed by atoms with van der Waals surface area (Å²) in [5.74, 6) is 0.291. The lowest BCUT2D eigenvalue weighted by atomic mass is 9.96. The number of hydrogen-bond acceptors (Lipinski definition) is 9. The lowest BCUT2D eigenvalue weighted by Gasteiger charge is -2.23. The molecule has 3 unspecified atom stereocenters. The topological polar surface area (TPSA) is 149 Å². The van der Waals surface area contributed by atoms with E-state index in [2.05, 4.69) is 15.0 Å². The Balaban J connectivity index is 1.79. The first-order chi connectivity index (χ1) is 11.1. The molecule has 2 fully saturated rings. The van der Waals surface area contributed by atoms with Gasteiger partial charge in [0.1, 0.15) is 6.10 Å². The number of anilines is 1. The summed E-state index contributed by atoms with van der Waals surface area (Å²) in [5.41, 5.74) is 5.69. The van der Waals surface area contributed by atoms with Crippen molar-refractivity contribution in [2.24, 2.45) is 5.41 Å². The molecule has 1 saturated carbocycles. The van der Waals surface area contributed by atoms with E-state index in [4.69, 9.17) is 15.2 Å². The van der Waals surface area contributed by atoms with Crippen LogP contribution in [0.5, 0.6) is 5.88 Å². The number of methoxy groups -OCH3 is 1. The van der Waals surface area contributed by atoms with Gasteiger partial charge in [0.15, 0.2) is 11.2 Å². The molecule has 1 aliphatic carbocycles. The minimum Gasteiger partial charge on any atom is -0.479 e. The van der Waals surface area contributed by atoms with E-state index in [1.54, 1.807) is 4.57 Å². The third kappa shape index (κ3) is 1.68. The number of rotatable bonds is 4. The van der Waals surface area contributed by atoms with Crippen LogP contribution in [0.4, 0.5) is 5.95 Å². The molecule has 2 aromatic rings. The van der Waals surface area contributed by atoms with Crippen LogP contribution in [-0.4, -0.2) is 73.5 Å². The highest BCUT2D eigenvalue weighted by Gasteiger charge is 2.77. The molecular weight excluding hydrogens is 306 g/mol. The maximum Gasteiger partial charge on any atom is 0.246 e. The van der Waals surface area contributed by atoms with Gasteiger partial charge in [-0.1, -0.05) is 0 Å². The summed E-state index contributed by atoms with van der Waals surface area (Å²) in [4.78, 5) is 12.4. The third-order valence-electron chi connectivity index (χ3n) is 4.84. The Bertz CT molecular complexity index is 767. The molecule has 4 rings (SSSR count). The van der Waals surface area contributed by atoms with Crippen LogP contribution in [0, 0.1) is 5.41 Å². The van der Waals surface area contributed by atoms with E-state index in [0.717, 1.165) is 0 Å². The molecule has 0 aromatic carbocycles. The van der Waals surface area contributed by atoms with Crippen molar-refractivity contribution in [3.8, 4) is 5.88 Å². The van der Waals surface area contributed by atoms with Crippen molar-refractivity contribution in [3.63, 3.8) is 0 Å². The van der Waals surface area contributed by atoms with E-state index in [1.165, 1.54) is 13.4 Å². The fourth-order valence-corrected chi connectivity index (χ4v) is 3.63. The molecule has 5 atom stereocenters. The van der Waals surface area contributed by atoms with Gasteiger partial charge in [-0.2, -0.15) is 9.97 Å². The van der Waals surface area contributed by atoms with Gasteiger partial charge in [-0.3, -0.25) is 0 Å². The fourth-order valence-electron chi connectivity index (χ4n) is 3.63. The Kier molecular flexibility index (Phi) is 3.00. The second-order valence-electron chi connectivity index (χ2n) is 5.85. The van der Waals surface area contributed by atoms with Crippen molar-refractivity contribution < 1.29 is 24.8 Å². The molecule has 3 heterocycles. The molecule has 5 N–H and O–H groups in total. The molecule has 2 aliphatic rings. The normalized spacial score (nSPS) is 35.5. The molecule has 0 bridgehead atoms. The summed E-state index contributed by atoms with van der Waals surface area (Å²) >= 11 is 0. The molecule has 124 valence electrons. The Morgan fingerprint density at radius 2 is 2.22 bits per heavy atom. The fraction of sp³-hybridized carbons (Fsp3) is 0.615. The maximum absolute atomic E-state index is 10.4. The standard InChI is InChI=1S/C13H17N5O5/c1-22-11-6-10(16-12(14)17-11)18(4-15-6)7-9-13(7,3-20)8(21)5(2-19)23-9/h4-5,7-9,19-21H,2-3H2,1H3,(H2,14,16,17)/t5-,7?,8?,9+,13?/m1/s1. The van der Waals surface area contributed by atoms with E-state index in [0.29, 0.717) is 11.2 Å².